The van der Waals surface area contributed by atoms with Crippen molar-refractivity contribution in [3.05, 3.63) is 67.2 Å². The van der Waals surface area contributed by atoms with Gasteiger partial charge < -0.3 is 5.32 Å². The molecule has 0 radical (unpaired) electrons. The molecular weight excluding hydrogens is 425 g/mol. The van der Waals surface area contributed by atoms with Crippen LogP contribution in [0.25, 0.3) is 0 Å². The number of benzene rings is 2. The highest BCUT2D eigenvalue weighted by Gasteiger charge is 2.16. The van der Waals surface area contributed by atoms with Crippen molar-refractivity contribution in [1.29, 1.82) is 0 Å². The Balaban J connectivity index is 2.32. The van der Waals surface area contributed by atoms with Crippen LogP contribution in [-0.2, 0) is 6.42 Å². The van der Waals surface area contributed by atoms with Crippen LogP contribution in [0, 0.1) is 10.5 Å². The van der Waals surface area contributed by atoms with E-state index >= 15 is 0 Å². The molecule has 0 aliphatic heterocycles. The minimum atomic E-state index is 0.352. The maximum absolute atomic E-state index is 3.65. The molecule has 2 rings (SSSR count). The van der Waals surface area contributed by atoms with E-state index in [1.54, 1.807) is 0 Å². The molecule has 0 spiro atoms. The van der Waals surface area contributed by atoms with Crippen LogP contribution in [0.4, 0.5) is 0 Å². The SMILES string of the molecule is CCNC(Cc1ccccc1Br)c1cccc(C)c1I. The van der Waals surface area contributed by atoms with Gasteiger partial charge in [0.05, 0.1) is 0 Å². The monoisotopic (exact) mass is 443 g/mol. The van der Waals surface area contributed by atoms with E-state index in [1.165, 1.54) is 24.7 Å². The van der Waals surface area contributed by atoms with Crippen molar-refractivity contribution in [3.63, 3.8) is 0 Å². The van der Waals surface area contributed by atoms with Gasteiger partial charge in [0.15, 0.2) is 0 Å². The molecule has 0 aromatic heterocycles. The lowest BCUT2D eigenvalue weighted by molar-refractivity contribution is 0.546. The van der Waals surface area contributed by atoms with Gasteiger partial charge >= 0.3 is 0 Å². The molecule has 0 saturated carbocycles. The Bertz CT molecular complexity index is 583. The van der Waals surface area contributed by atoms with Crippen LogP contribution in [0.15, 0.2) is 46.9 Å². The van der Waals surface area contributed by atoms with Crippen molar-refractivity contribution < 1.29 is 0 Å². The zero-order valence-electron chi connectivity index (χ0n) is 11.8. The Hall–Kier alpha value is -0.390. The zero-order chi connectivity index (χ0) is 14.5. The van der Waals surface area contributed by atoms with Crippen LogP contribution in [0.2, 0.25) is 0 Å². The Morgan fingerprint density at radius 3 is 2.60 bits per heavy atom. The van der Waals surface area contributed by atoms with Crippen LogP contribution >= 0.6 is 38.5 Å². The predicted octanol–water partition coefficient (Wildman–Crippen LogP) is 5.26. The average Bonchev–Trinajstić information content (AvgIpc) is 2.44. The first-order chi connectivity index (χ1) is 9.63. The molecule has 1 nitrogen and oxygen atoms in total. The molecule has 1 unspecified atom stereocenters. The number of likely N-dealkylation sites (N-methyl/N-ethyl adjacent to an activating group) is 1. The van der Waals surface area contributed by atoms with Gasteiger partial charge in [-0.15, -0.1) is 0 Å². The molecule has 0 fully saturated rings. The summed E-state index contributed by atoms with van der Waals surface area (Å²) in [5.74, 6) is 0. The Morgan fingerprint density at radius 2 is 1.90 bits per heavy atom. The third-order valence-electron chi connectivity index (χ3n) is 3.43. The molecule has 106 valence electrons. The van der Waals surface area contributed by atoms with Crippen molar-refractivity contribution in [1.82, 2.24) is 5.32 Å². The van der Waals surface area contributed by atoms with Gasteiger partial charge in [-0.05, 0) is 65.2 Å². The second kappa shape index (κ2) is 7.57. The van der Waals surface area contributed by atoms with Crippen molar-refractivity contribution in [2.75, 3.05) is 6.54 Å². The zero-order valence-corrected chi connectivity index (χ0v) is 15.5. The minimum Gasteiger partial charge on any atom is -0.310 e. The summed E-state index contributed by atoms with van der Waals surface area (Å²) in [5, 5.41) is 3.62. The second-order valence-corrected chi connectivity index (χ2v) is 6.82. The fourth-order valence-corrected chi connectivity index (χ4v) is 3.54. The maximum atomic E-state index is 3.65. The number of hydrogen-bond donors (Lipinski definition) is 1. The molecule has 0 heterocycles. The van der Waals surface area contributed by atoms with E-state index in [2.05, 4.69) is 100 Å². The summed E-state index contributed by atoms with van der Waals surface area (Å²) in [6.45, 7) is 5.31. The number of rotatable bonds is 5. The predicted molar refractivity (Wildman–Crippen MR) is 98.2 cm³/mol. The number of halogens is 2. The number of aryl methyl sites for hydroxylation is 1. The van der Waals surface area contributed by atoms with Crippen LogP contribution in [0.5, 0.6) is 0 Å². The second-order valence-electron chi connectivity index (χ2n) is 4.88. The lowest BCUT2D eigenvalue weighted by Gasteiger charge is -2.21. The smallest absolute Gasteiger partial charge is 0.0371 e. The van der Waals surface area contributed by atoms with Gasteiger partial charge in [0.25, 0.3) is 0 Å². The number of nitrogens with one attached hydrogen (secondary N) is 1. The van der Waals surface area contributed by atoms with Gasteiger partial charge in [-0.1, -0.05) is 59.3 Å². The third kappa shape index (κ3) is 3.83. The van der Waals surface area contributed by atoms with Crippen LogP contribution in [-0.4, -0.2) is 6.54 Å². The standard InChI is InChI=1S/C17H19BrIN/c1-3-20-16(11-13-8-4-5-10-15(13)18)14-9-6-7-12(2)17(14)19/h4-10,16,20H,3,11H2,1-2H3. The largest absolute Gasteiger partial charge is 0.310 e. The van der Waals surface area contributed by atoms with Crippen molar-refractivity contribution >= 4 is 38.5 Å². The molecule has 1 atom stereocenters. The molecule has 0 saturated heterocycles. The summed E-state index contributed by atoms with van der Waals surface area (Å²) in [6.07, 6.45) is 0.995. The van der Waals surface area contributed by atoms with E-state index in [4.69, 9.17) is 0 Å². The molecule has 1 N–H and O–H groups in total. The lowest BCUT2D eigenvalue weighted by atomic mass is 9.97. The van der Waals surface area contributed by atoms with Crippen molar-refractivity contribution in [2.45, 2.75) is 26.3 Å². The van der Waals surface area contributed by atoms with Gasteiger partial charge in [0.2, 0.25) is 0 Å². The molecule has 3 heteroatoms. The van der Waals surface area contributed by atoms with E-state index in [1.807, 2.05) is 0 Å². The van der Waals surface area contributed by atoms with E-state index in [0.29, 0.717) is 6.04 Å². The highest BCUT2D eigenvalue weighted by atomic mass is 127. The molecule has 2 aromatic rings. The van der Waals surface area contributed by atoms with Gasteiger partial charge in [-0.3, -0.25) is 0 Å². The third-order valence-corrected chi connectivity index (χ3v) is 5.68. The molecule has 0 aliphatic carbocycles. The number of hydrogen-bond acceptors (Lipinski definition) is 1. The first-order valence-corrected chi connectivity index (χ1v) is 8.72. The fraction of sp³-hybridized carbons (Fsp3) is 0.294. The Morgan fingerprint density at radius 1 is 1.15 bits per heavy atom. The van der Waals surface area contributed by atoms with Gasteiger partial charge in [0.1, 0.15) is 0 Å². The van der Waals surface area contributed by atoms with E-state index in [0.717, 1.165) is 13.0 Å². The summed E-state index contributed by atoms with van der Waals surface area (Å²) in [7, 11) is 0. The van der Waals surface area contributed by atoms with Gasteiger partial charge in [-0.25, -0.2) is 0 Å². The summed E-state index contributed by atoms with van der Waals surface area (Å²) in [5.41, 5.74) is 4.08. The van der Waals surface area contributed by atoms with Crippen LogP contribution in [0.3, 0.4) is 0 Å². The van der Waals surface area contributed by atoms with E-state index < -0.39 is 0 Å². The topological polar surface area (TPSA) is 12.0 Å². The lowest BCUT2D eigenvalue weighted by Crippen LogP contribution is -2.24. The van der Waals surface area contributed by atoms with Crippen LogP contribution < -0.4 is 5.32 Å². The Kier molecular flexibility index (Phi) is 6.05. The first kappa shape index (κ1) is 16.0. The minimum absolute atomic E-state index is 0.352. The maximum Gasteiger partial charge on any atom is 0.0371 e. The van der Waals surface area contributed by atoms with Crippen LogP contribution in [0.1, 0.15) is 29.7 Å². The normalized spacial score (nSPS) is 12.4. The van der Waals surface area contributed by atoms with Gasteiger partial charge in [-0.2, -0.15) is 0 Å². The van der Waals surface area contributed by atoms with E-state index in [-0.39, 0.29) is 0 Å². The summed E-state index contributed by atoms with van der Waals surface area (Å²) in [4.78, 5) is 0. The molecule has 0 aliphatic rings. The highest BCUT2D eigenvalue weighted by Crippen LogP contribution is 2.28. The molecular formula is C17H19BrIN. The Labute approximate surface area is 143 Å². The molecule has 0 amide bonds. The summed E-state index contributed by atoms with van der Waals surface area (Å²) >= 11 is 6.11. The summed E-state index contributed by atoms with van der Waals surface area (Å²) in [6, 6.07) is 15.4. The summed E-state index contributed by atoms with van der Waals surface area (Å²) < 4.78 is 2.55. The van der Waals surface area contributed by atoms with E-state index in [9.17, 15) is 0 Å². The molecule has 2 aromatic carbocycles. The van der Waals surface area contributed by atoms with Crippen molar-refractivity contribution in [3.8, 4) is 0 Å². The molecule has 20 heavy (non-hydrogen) atoms. The quantitative estimate of drug-likeness (QED) is 0.622. The highest BCUT2D eigenvalue weighted by molar-refractivity contribution is 14.1. The average molecular weight is 444 g/mol. The first-order valence-electron chi connectivity index (χ1n) is 6.85. The van der Waals surface area contributed by atoms with Crippen molar-refractivity contribution in [2.24, 2.45) is 0 Å². The fourth-order valence-electron chi connectivity index (χ4n) is 2.36. The molecule has 0 bridgehead atoms. The van der Waals surface area contributed by atoms with Gasteiger partial charge in [0, 0.05) is 14.1 Å².